The van der Waals surface area contributed by atoms with Crippen molar-refractivity contribution in [3.05, 3.63) is 151 Å². The zero-order valence-electron chi connectivity index (χ0n) is 76.9. The van der Waals surface area contributed by atoms with Gasteiger partial charge in [-0.15, -0.1) is 0 Å². The average Bonchev–Trinajstić information content (AvgIpc) is 1.64. The summed E-state index contributed by atoms with van der Waals surface area (Å²) < 4.78 is 175. The van der Waals surface area contributed by atoms with E-state index in [1.54, 1.807) is 83.9 Å². The lowest BCUT2D eigenvalue weighted by atomic mass is 9.83. The van der Waals surface area contributed by atoms with Crippen molar-refractivity contribution in [1.29, 1.82) is 0 Å². The highest BCUT2D eigenvalue weighted by atomic mass is 32.2. The third-order valence-corrected chi connectivity index (χ3v) is 34.4. The number of sulfone groups is 4. The molecule has 0 saturated carbocycles. The van der Waals surface area contributed by atoms with Crippen LogP contribution in [0.5, 0.6) is 17.2 Å². The summed E-state index contributed by atoms with van der Waals surface area (Å²) in [5.41, 5.74) is 10.7. The van der Waals surface area contributed by atoms with Crippen molar-refractivity contribution >= 4 is 107 Å². The van der Waals surface area contributed by atoms with Gasteiger partial charge in [0.05, 0.1) is 98.1 Å². The number of ketones is 4. The minimum Gasteiger partial charge on any atom is -0.461 e. The van der Waals surface area contributed by atoms with Gasteiger partial charge in [0.15, 0.2) is 62.5 Å². The number of hydrogen-bond acceptors (Lipinski definition) is 28. The van der Waals surface area contributed by atoms with Crippen molar-refractivity contribution in [2.45, 2.75) is 183 Å². The van der Waals surface area contributed by atoms with Crippen LogP contribution in [0.3, 0.4) is 0 Å². The molecule has 0 bridgehead atoms. The van der Waals surface area contributed by atoms with Gasteiger partial charge in [0, 0.05) is 192 Å². The molecule has 718 valence electrons. The summed E-state index contributed by atoms with van der Waals surface area (Å²) in [5, 5.41) is 23.7. The van der Waals surface area contributed by atoms with Crippen molar-refractivity contribution in [1.82, 2.24) is 73.8 Å². The van der Waals surface area contributed by atoms with Gasteiger partial charge in [-0.25, -0.2) is 46.8 Å². The van der Waals surface area contributed by atoms with Crippen molar-refractivity contribution in [2.75, 3.05) is 85.7 Å². The highest BCUT2D eigenvalue weighted by Crippen LogP contribution is 2.45. The minimum absolute atomic E-state index is 0.0223. The first kappa shape index (κ1) is 96.9. The first-order valence-electron chi connectivity index (χ1n) is 45.3. The lowest BCUT2D eigenvalue weighted by Gasteiger charge is -2.37. The predicted octanol–water partition coefficient (Wildman–Crippen LogP) is 15.1. The number of hydrogen-bond donors (Lipinski definition) is 0. The molecule has 12 aromatic rings. The quantitative estimate of drug-likeness (QED) is 0.0431. The Hall–Kier alpha value is -11.2. The summed E-state index contributed by atoms with van der Waals surface area (Å²) in [5.74, 6) is 0.952. The van der Waals surface area contributed by atoms with Crippen LogP contribution in [0.1, 0.15) is 205 Å². The molecule has 0 spiro atoms. The molecule has 0 N–H and O–H groups in total. The van der Waals surface area contributed by atoms with Crippen LogP contribution in [0.2, 0.25) is 0 Å². The molecule has 33 nitrogen and oxygen atoms in total. The second kappa shape index (κ2) is 38.8. The summed E-state index contributed by atoms with van der Waals surface area (Å²) in [6, 6.07) is 25.3. The van der Waals surface area contributed by atoms with E-state index in [0.717, 1.165) is 89.5 Å². The molecule has 17 heterocycles. The van der Waals surface area contributed by atoms with Gasteiger partial charge in [0.2, 0.25) is 19.1 Å². The van der Waals surface area contributed by atoms with Crippen LogP contribution in [0.15, 0.2) is 128 Å². The first-order valence-corrected chi connectivity index (χ1v) is 52.6. The van der Waals surface area contributed by atoms with Crippen molar-refractivity contribution < 1.29 is 94.4 Å². The number of Topliss-reactive ketones (excluding diaryl/α,β-unsaturated/α-hetero) is 4. The topological polar surface area (TPSA) is 414 Å². The van der Waals surface area contributed by atoms with E-state index in [0.29, 0.717) is 125 Å². The second-order valence-corrected chi connectivity index (χ2v) is 46.6. The Balaban J connectivity index is 0.000000131. The number of ether oxygens (including phenoxy) is 6. The molecule has 7 fully saturated rings. The molecule has 0 aliphatic carbocycles. The summed E-state index contributed by atoms with van der Waals surface area (Å²) in [6.45, 7) is 19.2. The van der Waals surface area contributed by atoms with E-state index in [1.165, 1.54) is 45.6 Å². The summed E-state index contributed by atoms with van der Waals surface area (Å²) in [6.07, 6.45) is 13.3. The summed E-state index contributed by atoms with van der Waals surface area (Å²) in [4.78, 5) is 74.9. The lowest BCUT2D eigenvalue weighted by Crippen LogP contribution is -2.47. The van der Waals surface area contributed by atoms with Gasteiger partial charge >= 0.3 is 0 Å². The van der Waals surface area contributed by atoms with Gasteiger partial charge in [0.1, 0.15) is 62.1 Å². The molecule has 135 heavy (non-hydrogen) atoms. The molecule has 4 unspecified atom stereocenters. The third-order valence-electron chi connectivity index (χ3n) is 25.6. The summed E-state index contributed by atoms with van der Waals surface area (Å²) in [7, 11) is -10.3. The zero-order valence-corrected chi connectivity index (χ0v) is 80.1. The number of carbonyl (C=O) groups is 4. The Labute approximate surface area is 780 Å². The standard InChI is InChI=1S/C25H28FN3O5S.C24H27FN4O5S.C24H28FN3O4S.C22H27N5O4S/c1-16(26)34-20-5-3-4-17(10-20)23-24-21(29(28-23)19-6-8-33-9-7-19)11-18(13-27-24)22(30)12-25(2)14-35(31,32)15-25;1-15(25)34-19-7-17(10-26-12-19)22-23-20(29(28-22)18-3-5-33-6-4-18)8-16(11-27-23)21(30)9-24(2)13-35(31,32)14-24;1-5-15(2)28-20-10-18(21(29)11-24(4)13-33(30,31)14-24)12-26-23(20)22(27-28)17-7-6-8-19(9-17)32-16(3)25;1-22(6-10-32(29,30)14-22)12-19(28)15-11-18-20(23-13-15)21(17-3-7-24-26(17)2)25-27(18)16-4-8-31-9-5-16/h3-5,10-11,13,16,19H,6-9,12,14-15H2,1-2H3;7-8,10-12,15,18H,3-6,9,13-14H2,1-2H3;6-10,12,15-16H,5,11,13-14H2,1-4H3;3,7,11,13,16H,4-6,8-10,12,14H2,1-2H3/t;;15-,16?;/m..1./s1. The number of nitrogens with zero attached hydrogens (tertiary/aromatic N) is 15. The SMILES string of the molecule is CC(F)Oc1cccc(-c2nn(C3CCOCC3)c3cc(C(=O)CC4(C)CS(=O)(=O)C4)cnc23)c1.CC(F)Oc1cncc(-c2nn(C3CCOCC3)c3cc(C(=O)CC4(C)CS(=O)(=O)C4)cnc23)c1.CC[C@@H](C)n1nc(-c2cccc(OC(C)F)c2)c2ncc(C(=O)CC3(C)CS(=O)(=O)C3)cc21.Cn1nccc1-c1nn(C2CCOCC2)c2cc(C(=O)CC3(C)CCS(=O)(=O)C3)cnc12. The molecular formula is C95H110F3N15O18S4. The number of fused-ring (bicyclic) bond motifs is 4. The van der Waals surface area contributed by atoms with Gasteiger partial charge in [-0.1, -0.05) is 58.9 Å². The van der Waals surface area contributed by atoms with Crippen molar-refractivity contribution in [3.8, 4) is 62.4 Å². The van der Waals surface area contributed by atoms with Gasteiger partial charge in [-0.05, 0) is 124 Å². The fourth-order valence-electron chi connectivity index (χ4n) is 19.3. The number of aromatic nitrogens is 15. The third kappa shape index (κ3) is 22.3. The highest BCUT2D eigenvalue weighted by Gasteiger charge is 2.49. The van der Waals surface area contributed by atoms with E-state index in [4.69, 9.17) is 48.8 Å². The number of halogens is 3. The van der Waals surface area contributed by atoms with Crippen molar-refractivity contribution in [3.63, 3.8) is 0 Å². The molecule has 2 aromatic carbocycles. The molecule has 7 aliphatic rings. The number of alkyl halides is 3. The van der Waals surface area contributed by atoms with Crippen LogP contribution in [0.4, 0.5) is 13.2 Å². The van der Waals surface area contributed by atoms with E-state index in [2.05, 4.69) is 36.9 Å². The van der Waals surface area contributed by atoms with Crippen LogP contribution in [-0.2, 0) is 60.6 Å². The largest absolute Gasteiger partial charge is 0.461 e. The number of aryl methyl sites for hydroxylation is 1. The molecular weight excluding hydrogens is 1820 g/mol. The van der Waals surface area contributed by atoms with E-state index < -0.39 is 80.1 Å². The Kier molecular flexibility index (Phi) is 27.8. The molecule has 5 atom stereocenters. The Morgan fingerprint density at radius 3 is 1.13 bits per heavy atom. The molecule has 0 radical (unpaired) electrons. The molecule has 19 rings (SSSR count). The molecule has 40 heteroatoms. The number of carbonyl (C=O) groups excluding carboxylic acids is 4. The maximum atomic E-state index is 13.4. The van der Waals surface area contributed by atoms with E-state index >= 15 is 0 Å². The first-order chi connectivity index (χ1) is 64.0. The Morgan fingerprint density at radius 2 is 0.763 bits per heavy atom. The van der Waals surface area contributed by atoms with Crippen LogP contribution in [-0.4, -0.2) is 235 Å². The van der Waals surface area contributed by atoms with Gasteiger partial charge in [0.25, 0.3) is 0 Å². The minimum atomic E-state index is -3.07. The fraction of sp³-hybridized carbons (Fsp3) is 0.495. The Bertz CT molecular complexity index is 6770. The second-order valence-electron chi connectivity index (χ2n) is 38.2. The van der Waals surface area contributed by atoms with E-state index in [-0.39, 0.29) is 125 Å². The fourth-order valence-corrected chi connectivity index (χ4v) is 28.3. The molecule has 0 amide bonds. The van der Waals surface area contributed by atoms with Gasteiger partial charge in [-0.2, -0.15) is 25.5 Å². The zero-order chi connectivity index (χ0) is 96.1. The maximum Gasteiger partial charge on any atom is 0.235 e. The van der Waals surface area contributed by atoms with Crippen LogP contribution in [0, 0.1) is 21.7 Å². The molecule has 7 saturated heterocycles. The lowest BCUT2D eigenvalue weighted by molar-refractivity contribution is 0.0674. The van der Waals surface area contributed by atoms with E-state index in [9.17, 15) is 66.0 Å². The monoisotopic (exact) mass is 1930 g/mol. The molecule has 7 aliphatic heterocycles. The highest BCUT2D eigenvalue weighted by molar-refractivity contribution is 7.93. The predicted molar refractivity (Wildman–Crippen MR) is 500 cm³/mol. The molecule has 10 aromatic heterocycles. The van der Waals surface area contributed by atoms with Gasteiger partial charge < -0.3 is 28.4 Å². The van der Waals surface area contributed by atoms with Crippen molar-refractivity contribution in [2.24, 2.45) is 28.7 Å². The average molecular weight is 1940 g/mol. The van der Waals surface area contributed by atoms with E-state index in [1.807, 2.05) is 84.7 Å². The number of rotatable bonds is 27. The van der Waals surface area contributed by atoms with Crippen LogP contribution >= 0.6 is 0 Å². The smallest absolute Gasteiger partial charge is 0.235 e. The number of benzene rings is 2. The van der Waals surface area contributed by atoms with Crippen LogP contribution < -0.4 is 14.2 Å². The normalized spacial score (nSPS) is 20.7. The summed E-state index contributed by atoms with van der Waals surface area (Å²) >= 11 is 0. The van der Waals surface area contributed by atoms with Crippen LogP contribution in [0.25, 0.3) is 89.3 Å². The van der Waals surface area contributed by atoms with Gasteiger partial charge in [-0.3, -0.25) is 67.5 Å². The maximum absolute atomic E-state index is 13.4. The Morgan fingerprint density at radius 1 is 0.422 bits per heavy atom. The number of pyridine rings is 5.